The summed E-state index contributed by atoms with van der Waals surface area (Å²) in [6, 6.07) is 27.8. The van der Waals surface area contributed by atoms with Gasteiger partial charge >= 0.3 is 0 Å². The first-order valence-corrected chi connectivity index (χ1v) is 53.9. The molecule has 0 aliphatic heterocycles. The maximum atomic E-state index is 11.8. The number of carbonyl (C=O) groups is 15. The number of amides is 7. The van der Waals surface area contributed by atoms with Crippen LogP contribution in [0.1, 0.15) is 384 Å². The third-order valence-electron chi connectivity index (χ3n) is 20.5. The number of nitrogens with zero attached hydrogens (tertiary/aromatic N) is 1. The molecule has 7 amide bonds. The minimum Gasteiger partial charge on any atom is -0.484 e. The molecule has 3 aromatic carbocycles. The van der Waals surface area contributed by atoms with Crippen molar-refractivity contribution >= 4 is 109 Å². The van der Waals surface area contributed by atoms with E-state index >= 15 is 0 Å². The lowest BCUT2D eigenvalue weighted by atomic mass is 9.96. The van der Waals surface area contributed by atoms with E-state index < -0.39 is 0 Å². The number of ether oxygens (including phenoxy) is 1. The molecule has 804 valence electrons. The fourth-order valence-electron chi connectivity index (χ4n) is 10.7. The third-order valence-corrected chi connectivity index (χ3v) is 22.8. The van der Waals surface area contributed by atoms with Crippen LogP contribution in [0.25, 0.3) is 0 Å². The fourth-order valence-corrected chi connectivity index (χ4v) is 12.6. The van der Waals surface area contributed by atoms with Crippen molar-refractivity contribution in [3.05, 3.63) is 126 Å². The molecule has 0 aliphatic carbocycles. The molecular weight excluding hydrogens is 1820 g/mol. The quantitative estimate of drug-likeness (QED) is 0.0113. The molecule has 28 heteroatoms. The second-order valence-electron chi connectivity index (χ2n) is 40.4. The summed E-state index contributed by atoms with van der Waals surface area (Å²) in [5.41, 5.74) is 13.1. The lowest BCUT2D eigenvalue weighted by Gasteiger charge is -2.19. The second kappa shape index (κ2) is 90.9. The SMILES string of the molecule is CC(=O)CCC(=O)NCCC(C)C.CC(=O)c1ccc(C(=O)NCCC(C)C)cc1.CC(=O)c1ccc(OCC(=O)NCCC(C)C)cc1.CC(C)CC(=O)NCCN.CC(C)CCC(=O)C(C)C.CC(C)CCC(=O)CCSSc1ccccn1.CC(C)CCC(=O)[C@H](C)N.CC(C)CCC(=O)[C@H](C)NC(=O)[C@@H](C)C(C)C.CC(C)CCNC(=O)CCC(=O)c1ccccc1.CCCNC(=O)CC(C)C. The van der Waals surface area contributed by atoms with Gasteiger partial charge in [0.15, 0.2) is 29.7 Å². The van der Waals surface area contributed by atoms with Crippen molar-refractivity contribution in [2.45, 2.75) is 360 Å². The van der Waals surface area contributed by atoms with Crippen LogP contribution in [0.4, 0.5) is 0 Å². The van der Waals surface area contributed by atoms with Gasteiger partial charge in [0.05, 0.1) is 12.1 Å². The lowest BCUT2D eigenvalue weighted by Crippen LogP contribution is -2.42. The minimum atomic E-state index is -0.359. The predicted molar refractivity (Wildman–Crippen MR) is 585 cm³/mol. The first-order chi connectivity index (χ1) is 65.9. The van der Waals surface area contributed by atoms with Crippen molar-refractivity contribution in [1.29, 1.82) is 0 Å². The number of aromatic nitrogens is 1. The molecule has 1 heterocycles. The van der Waals surface area contributed by atoms with E-state index in [1.807, 2.05) is 98.7 Å². The van der Waals surface area contributed by atoms with Crippen LogP contribution in [0.2, 0.25) is 0 Å². The van der Waals surface area contributed by atoms with Crippen LogP contribution >= 0.6 is 21.6 Å². The number of rotatable bonds is 56. The molecule has 0 radical (unpaired) electrons. The van der Waals surface area contributed by atoms with Gasteiger partial charge < -0.3 is 58.2 Å². The minimum absolute atomic E-state index is 0.00247. The molecule has 0 aliphatic rings. The topological polar surface area (TPSA) is 414 Å². The van der Waals surface area contributed by atoms with Crippen molar-refractivity contribution in [2.75, 3.05) is 58.2 Å². The van der Waals surface area contributed by atoms with Crippen LogP contribution < -0.4 is 53.4 Å². The van der Waals surface area contributed by atoms with Crippen molar-refractivity contribution in [1.82, 2.24) is 42.2 Å². The summed E-state index contributed by atoms with van der Waals surface area (Å²) in [7, 11) is 3.34. The predicted octanol–water partition coefficient (Wildman–Crippen LogP) is 22.1. The van der Waals surface area contributed by atoms with Crippen LogP contribution in [-0.2, 0) is 52.7 Å². The van der Waals surface area contributed by atoms with Crippen molar-refractivity contribution < 1.29 is 76.7 Å². The average molecular weight is 2010 g/mol. The van der Waals surface area contributed by atoms with Crippen LogP contribution in [0.15, 0.2) is 108 Å². The average Bonchev–Trinajstić information content (AvgIpc) is 0.893. The van der Waals surface area contributed by atoms with E-state index in [2.05, 4.69) is 160 Å². The molecule has 0 spiro atoms. The molecule has 26 nitrogen and oxygen atoms in total. The van der Waals surface area contributed by atoms with Gasteiger partial charge in [-0.25, -0.2) is 4.98 Å². The van der Waals surface area contributed by atoms with E-state index in [9.17, 15) is 71.9 Å². The molecule has 4 aromatic rings. The zero-order valence-corrected chi connectivity index (χ0v) is 94.6. The maximum Gasteiger partial charge on any atom is 0.257 e. The molecule has 0 bridgehead atoms. The monoisotopic (exact) mass is 2010 g/mol. The number of hydrogen-bond acceptors (Lipinski definition) is 21. The molecule has 4 rings (SSSR count). The fraction of sp³-hybridized carbons (Fsp3) is 0.664. The highest BCUT2D eigenvalue weighted by atomic mass is 33.1. The van der Waals surface area contributed by atoms with E-state index in [4.69, 9.17) is 16.2 Å². The molecule has 0 unspecified atom stereocenters. The maximum absolute atomic E-state index is 11.8. The number of ketones is 8. The van der Waals surface area contributed by atoms with Crippen LogP contribution in [0.5, 0.6) is 5.75 Å². The number of pyridine rings is 1. The summed E-state index contributed by atoms with van der Waals surface area (Å²) in [6.07, 6.45) is 16.4. The zero-order valence-electron chi connectivity index (χ0n) is 92.9. The summed E-state index contributed by atoms with van der Waals surface area (Å²) >= 11 is 0. The third kappa shape index (κ3) is 98.1. The largest absolute Gasteiger partial charge is 0.484 e. The van der Waals surface area contributed by atoms with E-state index in [0.717, 1.165) is 88.0 Å². The number of Topliss-reactive ketones (excluding diaryl/α,β-unsaturated/α-hetero) is 8. The Bertz CT molecular complexity index is 3950. The molecule has 11 N–H and O–H groups in total. The smallest absolute Gasteiger partial charge is 0.257 e. The number of nitrogens with one attached hydrogen (secondary N) is 7. The summed E-state index contributed by atoms with van der Waals surface area (Å²) in [6.45, 7) is 66.6. The Hall–Kier alpha value is -9.12. The normalized spacial score (nSPS) is 11.2. The first kappa shape index (κ1) is 143. The second-order valence-corrected chi connectivity index (χ2v) is 42.8. The summed E-state index contributed by atoms with van der Waals surface area (Å²) in [5, 5.41) is 20.6. The molecular formula is C113H194N10O16S2. The van der Waals surface area contributed by atoms with E-state index in [0.29, 0.717) is 189 Å². The van der Waals surface area contributed by atoms with Gasteiger partial charge in [0.2, 0.25) is 29.5 Å². The molecule has 3 atom stereocenters. The van der Waals surface area contributed by atoms with Gasteiger partial charge in [-0.1, -0.05) is 239 Å². The summed E-state index contributed by atoms with van der Waals surface area (Å²) in [5.74, 6) is 8.74. The number of hydrogen-bond donors (Lipinski definition) is 9. The first-order valence-electron chi connectivity index (χ1n) is 51.5. The van der Waals surface area contributed by atoms with Gasteiger partial charge in [0, 0.05) is 162 Å². The summed E-state index contributed by atoms with van der Waals surface area (Å²) in [4.78, 5) is 173. The Kier molecular flexibility index (Phi) is 91.9. The Labute approximate surface area is 860 Å². The highest BCUT2D eigenvalue weighted by Gasteiger charge is 2.22. The molecule has 0 fully saturated rings. The van der Waals surface area contributed by atoms with Gasteiger partial charge in [-0.15, -0.1) is 0 Å². The summed E-state index contributed by atoms with van der Waals surface area (Å²) < 4.78 is 5.34. The van der Waals surface area contributed by atoms with E-state index in [1.54, 1.807) is 102 Å². The van der Waals surface area contributed by atoms with Crippen molar-refractivity contribution in [2.24, 2.45) is 88.4 Å². The van der Waals surface area contributed by atoms with Crippen LogP contribution in [-0.4, -0.2) is 163 Å². The van der Waals surface area contributed by atoms with E-state index in [-0.39, 0.29) is 119 Å². The Morgan fingerprint density at radius 2 is 0.759 bits per heavy atom. The Balaban J connectivity index is -0.000000362. The Morgan fingerprint density at radius 3 is 1.15 bits per heavy atom. The zero-order chi connectivity index (χ0) is 109. The molecule has 0 saturated carbocycles. The highest BCUT2D eigenvalue weighted by Crippen LogP contribution is 2.30. The van der Waals surface area contributed by atoms with Gasteiger partial charge in [-0.05, 0) is 217 Å². The van der Waals surface area contributed by atoms with Gasteiger partial charge in [-0.3, -0.25) is 67.1 Å². The van der Waals surface area contributed by atoms with Gasteiger partial charge in [0.1, 0.15) is 33.9 Å². The van der Waals surface area contributed by atoms with Crippen molar-refractivity contribution in [3.63, 3.8) is 0 Å². The van der Waals surface area contributed by atoms with Crippen molar-refractivity contribution in [3.8, 4) is 5.75 Å². The Morgan fingerprint density at radius 1 is 0.369 bits per heavy atom. The standard InChI is InChI=1S/C15H21NO3.C15H21NO2.C14H19NO2.C14H27NO2.C13H19NOS2.C10H19NO2.C9H18O.2C8H17NO.C7H16N2O/c1-11(2)8-9-16-15(18)10-19-14-6-4-13(5-7-14)12(3)17;1-12(2)10-11-16-15(18)9-8-14(17)13-6-4-3-5-7-13;1-10(2)8-9-15-14(17)13-6-4-12(5-7-13)11(3)16;1-9(2)7-8-13(16)12(6)15-14(17)11(5)10(3)4;1-11(2)6-7-12(15)8-10-16-17-13-5-3-4-9-14-13;1-8(2)6-7-11-10(13)5-4-9(3)12;1-7(2)5-6-9(10)8(3)4;1-6(2)4-5-8(10)7(3)9;1-4-5-9-8(10)6-7(2)3;1-6(2)5-7(10)9-4-3-8/h4-7,11H,8-10H2,1-3H3,(H,16,18);3-7,12H,8-11H2,1-2H3,(H,16,18);4-7,10H,8-9H2,1-3H3,(H,15,17);9-12H,7-8H2,1-6H3,(H,15,17);3-5,9,11H,6-8,10H2,1-2H3;8H,4-7H2,1-3H3,(H,11,13);7-8H,5-6H2,1-4H3;6-7H,4-5,9H2,1-3H3;7H,4-6H2,1-3H3,(H,9,10);6H,3-5,8H2,1-2H3,(H,9,10)/t;;;11-,12-;;;;7-;;/m...0...0../s1. The number of benzene rings is 3. The molecule has 141 heavy (non-hydrogen) atoms. The number of carbonyl (C=O) groups excluding carboxylic acids is 15. The van der Waals surface area contributed by atoms with Crippen LogP contribution in [0, 0.1) is 76.9 Å². The molecule has 0 saturated heterocycles. The van der Waals surface area contributed by atoms with Gasteiger partial charge in [0.25, 0.3) is 11.8 Å². The molecule has 1 aromatic heterocycles. The van der Waals surface area contributed by atoms with Crippen LogP contribution in [0.3, 0.4) is 0 Å². The van der Waals surface area contributed by atoms with E-state index in [1.165, 1.54) is 20.8 Å². The lowest BCUT2D eigenvalue weighted by molar-refractivity contribution is -0.130. The highest BCUT2D eigenvalue weighted by molar-refractivity contribution is 8.76. The van der Waals surface area contributed by atoms with Gasteiger partial charge in [-0.2, -0.15) is 0 Å². The number of nitrogens with two attached hydrogens (primary N) is 2.